The van der Waals surface area contributed by atoms with Gasteiger partial charge in [-0.05, 0) is 44.4 Å². The molecule has 1 heterocycles. The Labute approximate surface area is 109 Å². The van der Waals surface area contributed by atoms with Crippen molar-refractivity contribution in [2.75, 3.05) is 13.2 Å². The molecule has 18 heavy (non-hydrogen) atoms. The molecule has 1 N–H and O–H groups in total. The van der Waals surface area contributed by atoms with Gasteiger partial charge in [-0.15, -0.1) is 0 Å². The molecule has 0 saturated carbocycles. The van der Waals surface area contributed by atoms with Crippen molar-refractivity contribution in [2.24, 2.45) is 0 Å². The molecule has 0 bridgehead atoms. The third kappa shape index (κ3) is 3.72. The Morgan fingerprint density at radius 1 is 1.50 bits per heavy atom. The van der Waals surface area contributed by atoms with Crippen LogP contribution in [0.25, 0.3) is 0 Å². The summed E-state index contributed by atoms with van der Waals surface area (Å²) in [7, 11) is 0. The summed E-state index contributed by atoms with van der Waals surface area (Å²) in [6.45, 7) is 6.69. The molecule has 0 aromatic heterocycles. The van der Waals surface area contributed by atoms with Crippen molar-refractivity contribution in [1.29, 1.82) is 0 Å². The van der Waals surface area contributed by atoms with E-state index < -0.39 is 0 Å². The van der Waals surface area contributed by atoms with Gasteiger partial charge in [0.05, 0.1) is 12.7 Å². The zero-order valence-corrected chi connectivity index (χ0v) is 11.3. The van der Waals surface area contributed by atoms with Crippen LogP contribution in [0.3, 0.4) is 0 Å². The minimum atomic E-state index is 0.375. The molecule has 0 radical (unpaired) electrons. The highest BCUT2D eigenvalue weighted by Gasteiger charge is 2.21. The minimum Gasteiger partial charge on any atom is -0.494 e. The predicted molar refractivity (Wildman–Crippen MR) is 72.9 cm³/mol. The predicted octanol–water partition coefficient (Wildman–Crippen LogP) is 2.74. The molecular weight excluding hydrogens is 226 g/mol. The van der Waals surface area contributed by atoms with E-state index in [0.29, 0.717) is 18.8 Å². The Kier molecular flexibility index (Phi) is 5.02. The van der Waals surface area contributed by atoms with Crippen LogP contribution in [0, 0.1) is 0 Å². The molecule has 2 atom stereocenters. The first-order valence-electron chi connectivity index (χ1n) is 6.86. The second kappa shape index (κ2) is 6.76. The number of ether oxygens (including phenoxy) is 2. The fraction of sp³-hybridized carbons (Fsp3) is 0.600. The van der Waals surface area contributed by atoms with E-state index in [-0.39, 0.29) is 0 Å². The summed E-state index contributed by atoms with van der Waals surface area (Å²) in [5.74, 6) is 0.946. The monoisotopic (exact) mass is 249 g/mol. The lowest BCUT2D eigenvalue weighted by atomic mass is 10.1. The molecule has 0 spiro atoms. The highest BCUT2D eigenvalue weighted by atomic mass is 16.5. The van der Waals surface area contributed by atoms with E-state index in [0.717, 1.165) is 18.9 Å². The molecular formula is C15H23NO2. The molecule has 1 saturated heterocycles. The Morgan fingerprint density at radius 2 is 2.39 bits per heavy atom. The molecule has 2 rings (SSSR count). The maximum atomic E-state index is 5.68. The molecule has 2 unspecified atom stereocenters. The van der Waals surface area contributed by atoms with E-state index in [4.69, 9.17) is 9.47 Å². The minimum absolute atomic E-state index is 0.375. The fourth-order valence-electron chi connectivity index (χ4n) is 2.32. The number of hydrogen-bond acceptors (Lipinski definition) is 3. The molecule has 100 valence electrons. The van der Waals surface area contributed by atoms with Gasteiger partial charge in [-0.25, -0.2) is 0 Å². The van der Waals surface area contributed by atoms with Crippen LogP contribution in [0.5, 0.6) is 5.75 Å². The lowest BCUT2D eigenvalue weighted by Crippen LogP contribution is -2.36. The van der Waals surface area contributed by atoms with Gasteiger partial charge in [-0.3, -0.25) is 0 Å². The van der Waals surface area contributed by atoms with Crippen molar-refractivity contribution in [3.05, 3.63) is 29.8 Å². The summed E-state index contributed by atoms with van der Waals surface area (Å²) >= 11 is 0. The number of rotatable bonds is 6. The van der Waals surface area contributed by atoms with Gasteiger partial charge >= 0.3 is 0 Å². The maximum absolute atomic E-state index is 5.68. The summed E-state index contributed by atoms with van der Waals surface area (Å²) in [4.78, 5) is 0. The van der Waals surface area contributed by atoms with Gasteiger partial charge in [-0.2, -0.15) is 0 Å². The van der Waals surface area contributed by atoms with Gasteiger partial charge in [0.25, 0.3) is 0 Å². The number of hydrogen-bond donors (Lipinski definition) is 1. The van der Waals surface area contributed by atoms with Crippen LogP contribution >= 0.6 is 0 Å². The van der Waals surface area contributed by atoms with Crippen molar-refractivity contribution < 1.29 is 9.47 Å². The summed E-state index contributed by atoms with van der Waals surface area (Å²) in [6, 6.07) is 8.66. The highest BCUT2D eigenvalue weighted by molar-refractivity contribution is 5.28. The van der Waals surface area contributed by atoms with E-state index in [9.17, 15) is 0 Å². The quantitative estimate of drug-likeness (QED) is 0.841. The Bertz CT molecular complexity index is 361. The maximum Gasteiger partial charge on any atom is 0.119 e. The van der Waals surface area contributed by atoms with Gasteiger partial charge in [0.2, 0.25) is 0 Å². The highest BCUT2D eigenvalue weighted by Crippen LogP contribution is 2.17. The average Bonchev–Trinajstić information content (AvgIpc) is 2.91. The van der Waals surface area contributed by atoms with Crippen LogP contribution in [0.1, 0.15) is 32.3 Å². The van der Waals surface area contributed by atoms with Crippen LogP contribution in [0.2, 0.25) is 0 Å². The van der Waals surface area contributed by atoms with Gasteiger partial charge in [0.15, 0.2) is 0 Å². The number of nitrogens with one attached hydrogen (secondary N) is 1. The van der Waals surface area contributed by atoms with E-state index in [1.807, 2.05) is 19.1 Å². The fourth-order valence-corrected chi connectivity index (χ4v) is 2.32. The smallest absolute Gasteiger partial charge is 0.119 e. The van der Waals surface area contributed by atoms with E-state index in [1.54, 1.807) is 0 Å². The molecule has 3 nitrogen and oxygen atoms in total. The molecule has 1 aromatic rings. The largest absolute Gasteiger partial charge is 0.494 e. The zero-order chi connectivity index (χ0) is 12.8. The van der Waals surface area contributed by atoms with Crippen LogP contribution in [0.15, 0.2) is 24.3 Å². The van der Waals surface area contributed by atoms with Crippen LogP contribution in [-0.4, -0.2) is 25.4 Å². The van der Waals surface area contributed by atoms with Crippen molar-refractivity contribution in [1.82, 2.24) is 5.32 Å². The van der Waals surface area contributed by atoms with Crippen molar-refractivity contribution in [3.63, 3.8) is 0 Å². The summed E-state index contributed by atoms with van der Waals surface area (Å²) in [5.41, 5.74) is 1.26. The lowest BCUT2D eigenvalue weighted by molar-refractivity contribution is 0.0832. The SMILES string of the molecule is CCOc1cccc(CNC(C)C2CCCO2)c1. The zero-order valence-electron chi connectivity index (χ0n) is 11.3. The van der Waals surface area contributed by atoms with Crippen LogP contribution < -0.4 is 10.1 Å². The molecule has 1 aromatic carbocycles. The summed E-state index contributed by atoms with van der Waals surface area (Å²) < 4.78 is 11.2. The average molecular weight is 249 g/mol. The van der Waals surface area contributed by atoms with Crippen molar-refractivity contribution in [3.8, 4) is 5.75 Å². The Balaban J connectivity index is 1.83. The molecule has 0 amide bonds. The van der Waals surface area contributed by atoms with E-state index >= 15 is 0 Å². The molecule has 0 aliphatic carbocycles. The first-order chi connectivity index (χ1) is 8.79. The van der Waals surface area contributed by atoms with Crippen LogP contribution in [0.4, 0.5) is 0 Å². The first-order valence-corrected chi connectivity index (χ1v) is 6.86. The first kappa shape index (κ1) is 13.4. The second-order valence-electron chi connectivity index (χ2n) is 4.80. The number of benzene rings is 1. The summed E-state index contributed by atoms with van der Waals surface area (Å²) in [6.07, 6.45) is 2.74. The lowest BCUT2D eigenvalue weighted by Gasteiger charge is -2.20. The second-order valence-corrected chi connectivity index (χ2v) is 4.80. The molecule has 3 heteroatoms. The molecule has 1 aliphatic rings. The normalized spacial score (nSPS) is 20.9. The van der Waals surface area contributed by atoms with Gasteiger partial charge in [-0.1, -0.05) is 12.1 Å². The van der Waals surface area contributed by atoms with Gasteiger partial charge < -0.3 is 14.8 Å². The molecule has 1 aliphatic heterocycles. The van der Waals surface area contributed by atoms with Gasteiger partial charge in [0.1, 0.15) is 5.75 Å². The topological polar surface area (TPSA) is 30.5 Å². The third-order valence-electron chi connectivity index (χ3n) is 3.36. The van der Waals surface area contributed by atoms with E-state index in [1.165, 1.54) is 18.4 Å². The standard InChI is InChI=1S/C15H23NO2/c1-3-17-14-7-4-6-13(10-14)11-16-12(2)15-8-5-9-18-15/h4,6-7,10,12,15-16H,3,5,8-9,11H2,1-2H3. The summed E-state index contributed by atoms with van der Waals surface area (Å²) in [5, 5.41) is 3.53. The Morgan fingerprint density at radius 3 is 3.11 bits per heavy atom. The Hall–Kier alpha value is -1.06. The molecule has 1 fully saturated rings. The van der Waals surface area contributed by atoms with E-state index in [2.05, 4.69) is 24.4 Å². The van der Waals surface area contributed by atoms with Gasteiger partial charge in [0, 0.05) is 19.2 Å². The third-order valence-corrected chi connectivity index (χ3v) is 3.36. The van der Waals surface area contributed by atoms with Crippen molar-refractivity contribution in [2.45, 2.75) is 45.4 Å². The van der Waals surface area contributed by atoms with Crippen LogP contribution in [-0.2, 0) is 11.3 Å². The van der Waals surface area contributed by atoms with Crippen molar-refractivity contribution >= 4 is 0 Å².